The number of nitrogens with one attached hydrogen (secondary N) is 1. The molecule has 1 aromatic carbocycles. The summed E-state index contributed by atoms with van der Waals surface area (Å²) in [5.74, 6) is 0. The van der Waals surface area contributed by atoms with Crippen LogP contribution in [0.15, 0.2) is 48.7 Å². The van der Waals surface area contributed by atoms with E-state index in [1.165, 1.54) is 0 Å². The lowest BCUT2D eigenvalue weighted by Gasteiger charge is -2.05. The van der Waals surface area contributed by atoms with E-state index in [1.807, 2.05) is 42.5 Å². The third-order valence-corrected chi connectivity index (χ3v) is 2.26. The molecule has 3 heteroatoms. The second kappa shape index (κ2) is 4.80. The topological polar surface area (TPSA) is 24.9 Å². The zero-order valence-corrected chi connectivity index (χ0v) is 8.91. The number of nitrogens with zero attached hydrogens (tertiary/aromatic N) is 1. The van der Waals surface area contributed by atoms with Crippen LogP contribution in [0.5, 0.6) is 0 Å². The van der Waals surface area contributed by atoms with Crippen LogP contribution in [-0.2, 0) is 6.54 Å². The number of hydrogen-bond donors (Lipinski definition) is 1. The molecule has 0 unspecified atom stereocenters. The average Bonchev–Trinajstić information content (AvgIpc) is 2.30. The van der Waals surface area contributed by atoms with Crippen molar-refractivity contribution in [1.29, 1.82) is 0 Å². The van der Waals surface area contributed by atoms with Crippen molar-refractivity contribution in [3.05, 3.63) is 59.4 Å². The summed E-state index contributed by atoms with van der Waals surface area (Å²) in [4.78, 5) is 4.20. The number of para-hydroxylation sites is 1. The number of benzene rings is 1. The highest BCUT2D eigenvalue weighted by molar-refractivity contribution is 6.30. The summed E-state index contributed by atoms with van der Waals surface area (Å²) in [6.45, 7) is 0.710. The van der Waals surface area contributed by atoms with Crippen LogP contribution < -0.4 is 5.32 Å². The first-order valence-corrected chi connectivity index (χ1v) is 5.12. The van der Waals surface area contributed by atoms with Gasteiger partial charge in [-0.15, -0.1) is 0 Å². The molecular weight excluding hydrogens is 208 g/mol. The molecule has 0 radical (unpaired) electrons. The fourth-order valence-electron chi connectivity index (χ4n) is 1.26. The van der Waals surface area contributed by atoms with Crippen LogP contribution in [0.1, 0.15) is 5.69 Å². The Morgan fingerprint density at radius 3 is 2.53 bits per heavy atom. The number of anilines is 1. The van der Waals surface area contributed by atoms with E-state index in [0.717, 1.165) is 11.4 Å². The van der Waals surface area contributed by atoms with E-state index in [9.17, 15) is 0 Å². The summed E-state index contributed by atoms with van der Waals surface area (Å²) in [6, 6.07) is 13.8. The smallest absolute Gasteiger partial charge is 0.0595 e. The second-order valence-electron chi connectivity index (χ2n) is 3.19. The molecule has 0 bridgehead atoms. The summed E-state index contributed by atoms with van der Waals surface area (Å²) in [5, 5.41) is 3.94. The molecule has 0 fully saturated rings. The molecular formula is C12H11ClN2. The van der Waals surface area contributed by atoms with Crippen molar-refractivity contribution in [2.24, 2.45) is 0 Å². The Hall–Kier alpha value is -1.54. The molecule has 1 N–H and O–H groups in total. The van der Waals surface area contributed by atoms with Gasteiger partial charge in [0, 0.05) is 11.9 Å². The molecule has 2 nitrogen and oxygen atoms in total. The van der Waals surface area contributed by atoms with Gasteiger partial charge in [0.15, 0.2) is 0 Å². The molecule has 1 heterocycles. The van der Waals surface area contributed by atoms with Crippen LogP contribution in [0, 0.1) is 0 Å². The van der Waals surface area contributed by atoms with E-state index in [-0.39, 0.29) is 0 Å². The van der Waals surface area contributed by atoms with Crippen molar-refractivity contribution < 1.29 is 0 Å². The Balaban J connectivity index is 1.96. The summed E-state index contributed by atoms with van der Waals surface area (Å²) < 4.78 is 0. The highest BCUT2D eigenvalue weighted by Gasteiger charge is 1.94. The highest BCUT2D eigenvalue weighted by atomic mass is 35.5. The first-order chi connectivity index (χ1) is 7.34. The SMILES string of the molecule is Clc1ccc(CNc2ccccc2)nc1. The van der Waals surface area contributed by atoms with Crippen molar-refractivity contribution >= 4 is 17.3 Å². The van der Waals surface area contributed by atoms with Gasteiger partial charge in [0.25, 0.3) is 0 Å². The first-order valence-electron chi connectivity index (χ1n) is 4.74. The fourth-order valence-corrected chi connectivity index (χ4v) is 1.37. The van der Waals surface area contributed by atoms with Gasteiger partial charge in [0.05, 0.1) is 17.3 Å². The standard InChI is InChI=1S/C12H11ClN2/c13-10-6-7-12(14-8-10)9-15-11-4-2-1-3-5-11/h1-8,15H,9H2. The zero-order chi connectivity index (χ0) is 10.5. The van der Waals surface area contributed by atoms with Crippen molar-refractivity contribution in [3.8, 4) is 0 Å². The fraction of sp³-hybridized carbons (Fsp3) is 0.0833. The van der Waals surface area contributed by atoms with Crippen molar-refractivity contribution in [2.75, 3.05) is 5.32 Å². The molecule has 2 aromatic rings. The van der Waals surface area contributed by atoms with Gasteiger partial charge < -0.3 is 5.32 Å². The van der Waals surface area contributed by atoms with E-state index in [4.69, 9.17) is 11.6 Å². The molecule has 2 rings (SSSR count). The summed E-state index contributed by atoms with van der Waals surface area (Å²) in [5.41, 5.74) is 2.07. The average molecular weight is 219 g/mol. The molecule has 0 saturated heterocycles. The maximum atomic E-state index is 5.75. The molecule has 1 aromatic heterocycles. The van der Waals surface area contributed by atoms with E-state index < -0.39 is 0 Å². The van der Waals surface area contributed by atoms with E-state index >= 15 is 0 Å². The molecule has 0 aliphatic carbocycles. The van der Waals surface area contributed by atoms with Gasteiger partial charge in [-0.1, -0.05) is 29.8 Å². The highest BCUT2D eigenvalue weighted by Crippen LogP contribution is 2.09. The van der Waals surface area contributed by atoms with Gasteiger partial charge in [-0.25, -0.2) is 0 Å². The lowest BCUT2D eigenvalue weighted by Crippen LogP contribution is -2.00. The molecule has 76 valence electrons. The summed E-state index contributed by atoms with van der Waals surface area (Å²) >= 11 is 5.75. The van der Waals surface area contributed by atoms with Crippen molar-refractivity contribution in [1.82, 2.24) is 4.98 Å². The van der Waals surface area contributed by atoms with E-state index in [0.29, 0.717) is 11.6 Å². The monoisotopic (exact) mass is 218 g/mol. The molecule has 0 saturated carbocycles. The number of rotatable bonds is 3. The van der Waals surface area contributed by atoms with Crippen LogP contribution in [0.4, 0.5) is 5.69 Å². The van der Waals surface area contributed by atoms with Crippen LogP contribution >= 0.6 is 11.6 Å². The Labute approximate surface area is 93.9 Å². The van der Waals surface area contributed by atoms with E-state index in [1.54, 1.807) is 6.20 Å². The molecule has 0 amide bonds. The number of hydrogen-bond acceptors (Lipinski definition) is 2. The Bertz CT molecular complexity index is 411. The second-order valence-corrected chi connectivity index (χ2v) is 3.62. The minimum Gasteiger partial charge on any atom is -0.379 e. The predicted molar refractivity (Wildman–Crippen MR) is 63.0 cm³/mol. The molecule has 0 atom stereocenters. The van der Waals surface area contributed by atoms with Crippen molar-refractivity contribution in [3.63, 3.8) is 0 Å². The lowest BCUT2D eigenvalue weighted by molar-refractivity contribution is 1.05. The number of pyridine rings is 1. The largest absolute Gasteiger partial charge is 0.379 e. The van der Waals surface area contributed by atoms with Gasteiger partial charge in [-0.2, -0.15) is 0 Å². The third kappa shape index (κ3) is 2.96. The van der Waals surface area contributed by atoms with Gasteiger partial charge >= 0.3 is 0 Å². The maximum absolute atomic E-state index is 5.75. The van der Waals surface area contributed by atoms with Gasteiger partial charge in [0.2, 0.25) is 0 Å². The predicted octanol–water partition coefficient (Wildman–Crippen LogP) is 3.35. The van der Waals surface area contributed by atoms with Gasteiger partial charge in [-0.3, -0.25) is 4.98 Å². The minimum atomic E-state index is 0.665. The summed E-state index contributed by atoms with van der Waals surface area (Å²) in [7, 11) is 0. The molecule has 15 heavy (non-hydrogen) atoms. The normalized spacial score (nSPS) is 9.93. The number of aromatic nitrogens is 1. The number of halogens is 1. The van der Waals surface area contributed by atoms with Crippen LogP contribution in [-0.4, -0.2) is 4.98 Å². The quantitative estimate of drug-likeness (QED) is 0.855. The first kappa shape index (κ1) is 9.99. The van der Waals surface area contributed by atoms with Crippen molar-refractivity contribution in [2.45, 2.75) is 6.54 Å². The van der Waals surface area contributed by atoms with E-state index in [2.05, 4.69) is 10.3 Å². The molecule has 0 aliphatic rings. The third-order valence-electron chi connectivity index (χ3n) is 2.04. The maximum Gasteiger partial charge on any atom is 0.0595 e. The summed E-state index contributed by atoms with van der Waals surface area (Å²) in [6.07, 6.45) is 1.66. The van der Waals surface area contributed by atoms with Crippen LogP contribution in [0.25, 0.3) is 0 Å². The van der Waals surface area contributed by atoms with Crippen LogP contribution in [0.2, 0.25) is 5.02 Å². The molecule has 0 spiro atoms. The van der Waals surface area contributed by atoms with Gasteiger partial charge in [0.1, 0.15) is 0 Å². The Morgan fingerprint density at radius 1 is 1.07 bits per heavy atom. The molecule has 0 aliphatic heterocycles. The Morgan fingerprint density at radius 2 is 1.87 bits per heavy atom. The van der Waals surface area contributed by atoms with Crippen LogP contribution in [0.3, 0.4) is 0 Å². The lowest BCUT2D eigenvalue weighted by atomic mass is 10.3. The minimum absolute atomic E-state index is 0.665. The Kier molecular flexibility index (Phi) is 3.20. The zero-order valence-electron chi connectivity index (χ0n) is 8.15. The van der Waals surface area contributed by atoms with Gasteiger partial charge in [-0.05, 0) is 24.3 Å².